The number of anilines is 1. The molecule has 1 aliphatic heterocycles. The molecule has 1 aliphatic carbocycles. The van der Waals surface area contributed by atoms with E-state index in [1.54, 1.807) is 0 Å². The normalized spacial score (nSPS) is 19.6. The van der Waals surface area contributed by atoms with Gasteiger partial charge >= 0.3 is 0 Å². The summed E-state index contributed by atoms with van der Waals surface area (Å²) in [6, 6.07) is 17.9. The van der Waals surface area contributed by atoms with Gasteiger partial charge in [-0.15, -0.1) is 12.4 Å². The number of thioether (sulfide) groups is 1. The van der Waals surface area contributed by atoms with Crippen LogP contribution < -0.4 is 10.1 Å². The van der Waals surface area contributed by atoms with Gasteiger partial charge in [-0.2, -0.15) is 0 Å². The summed E-state index contributed by atoms with van der Waals surface area (Å²) in [7, 11) is 0. The number of carbonyl (C=O) groups is 1. The second-order valence-electron chi connectivity index (χ2n) is 8.91. The quantitative estimate of drug-likeness (QED) is 0.397. The van der Waals surface area contributed by atoms with Gasteiger partial charge < -0.3 is 15.0 Å². The molecular weight excluding hydrogens is 466 g/mol. The van der Waals surface area contributed by atoms with Crippen LogP contribution in [0.15, 0.2) is 59.6 Å². The molecule has 1 unspecified atom stereocenters. The van der Waals surface area contributed by atoms with Crippen molar-refractivity contribution in [1.29, 1.82) is 0 Å². The second kappa shape index (κ2) is 13.6. The lowest BCUT2D eigenvalue weighted by Gasteiger charge is -2.27. The molecule has 1 heterocycles. The third kappa shape index (κ3) is 7.67. The summed E-state index contributed by atoms with van der Waals surface area (Å²) in [6.07, 6.45) is 9.12. The first-order valence-corrected chi connectivity index (χ1v) is 13.3. The van der Waals surface area contributed by atoms with Crippen LogP contribution in [0.5, 0.6) is 11.5 Å². The van der Waals surface area contributed by atoms with Crippen LogP contribution >= 0.6 is 24.2 Å². The fraction of sp³-hybridized carbons (Fsp3) is 0.481. The molecule has 2 aliphatic rings. The molecule has 2 aromatic rings. The molecule has 0 spiro atoms. The number of ether oxygens (including phenoxy) is 1. The molecule has 0 bridgehead atoms. The maximum atomic E-state index is 12.8. The van der Waals surface area contributed by atoms with E-state index in [-0.39, 0.29) is 24.4 Å². The minimum absolute atomic E-state index is 0. The summed E-state index contributed by atoms with van der Waals surface area (Å²) in [5.41, 5.74) is 0.794. The van der Waals surface area contributed by atoms with Crippen molar-refractivity contribution in [2.45, 2.75) is 70.4 Å². The predicted molar refractivity (Wildman–Crippen MR) is 146 cm³/mol. The lowest BCUT2D eigenvalue weighted by molar-refractivity contribution is -0.116. The molecule has 5 nitrogen and oxygen atoms in total. The number of aliphatic imine (C=N–C) groups is 1. The van der Waals surface area contributed by atoms with Gasteiger partial charge in [0.05, 0.1) is 6.04 Å². The van der Waals surface area contributed by atoms with Crippen LogP contribution in [0.1, 0.15) is 58.3 Å². The SMILES string of the molecule is CCCCN1C(=NC2CCCCC2)SCC1CC(=O)Nc1ccc(Oc2ccccc2)cc1.Cl. The molecule has 4 rings (SSSR count). The van der Waals surface area contributed by atoms with Crippen molar-refractivity contribution in [1.82, 2.24) is 4.90 Å². The number of amidine groups is 1. The maximum absolute atomic E-state index is 12.8. The summed E-state index contributed by atoms with van der Waals surface area (Å²) in [5, 5.41) is 4.23. The van der Waals surface area contributed by atoms with Crippen LogP contribution in [0.4, 0.5) is 5.69 Å². The standard InChI is InChI=1S/C27H35N3O2S.ClH/c1-2-3-18-30-23(20-33-27(30)29-21-10-6-4-7-11-21)19-26(31)28-22-14-16-25(17-15-22)32-24-12-8-5-9-13-24;/h5,8-9,12-17,21,23H,2-4,6-7,10-11,18-20H2,1H3,(H,28,31);1H. The Labute approximate surface area is 214 Å². The van der Waals surface area contributed by atoms with Gasteiger partial charge in [-0.3, -0.25) is 9.79 Å². The Morgan fingerprint density at radius 1 is 1.06 bits per heavy atom. The highest BCUT2D eigenvalue weighted by molar-refractivity contribution is 8.14. The zero-order valence-electron chi connectivity index (χ0n) is 19.9. The summed E-state index contributed by atoms with van der Waals surface area (Å²) in [4.78, 5) is 20.4. The van der Waals surface area contributed by atoms with E-state index in [0.29, 0.717) is 12.5 Å². The molecule has 184 valence electrons. The first-order chi connectivity index (χ1) is 16.2. The number of para-hydroxylation sites is 1. The predicted octanol–water partition coefficient (Wildman–Crippen LogP) is 7.14. The molecule has 2 aromatic carbocycles. The topological polar surface area (TPSA) is 53.9 Å². The van der Waals surface area contributed by atoms with Crippen LogP contribution in [0.2, 0.25) is 0 Å². The molecule has 1 atom stereocenters. The monoisotopic (exact) mass is 501 g/mol. The van der Waals surface area contributed by atoms with Crippen LogP contribution in [-0.4, -0.2) is 40.4 Å². The van der Waals surface area contributed by atoms with E-state index in [0.717, 1.165) is 47.5 Å². The van der Waals surface area contributed by atoms with E-state index in [2.05, 4.69) is 17.1 Å². The third-order valence-electron chi connectivity index (χ3n) is 6.25. The number of unbranched alkanes of at least 4 members (excludes halogenated alkanes) is 1. The molecular formula is C27H36ClN3O2S. The summed E-state index contributed by atoms with van der Waals surface area (Å²) >= 11 is 1.83. The van der Waals surface area contributed by atoms with Gasteiger partial charge in [-0.1, -0.05) is 62.6 Å². The van der Waals surface area contributed by atoms with Gasteiger partial charge in [0, 0.05) is 30.4 Å². The molecule has 1 amide bonds. The lowest BCUT2D eigenvalue weighted by atomic mass is 9.96. The Morgan fingerprint density at radius 3 is 2.47 bits per heavy atom. The van der Waals surface area contributed by atoms with E-state index in [1.807, 2.05) is 66.4 Å². The first kappa shape index (κ1) is 26.4. The average molecular weight is 502 g/mol. The van der Waals surface area contributed by atoms with Crippen LogP contribution in [0.3, 0.4) is 0 Å². The zero-order chi connectivity index (χ0) is 22.9. The fourth-order valence-electron chi connectivity index (χ4n) is 4.41. The van der Waals surface area contributed by atoms with E-state index in [1.165, 1.54) is 32.1 Å². The minimum atomic E-state index is 0. The van der Waals surface area contributed by atoms with Gasteiger partial charge in [-0.05, 0) is 55.7 Å². The molecule has 1 N–H and O–H groups in total. The third-order valence-corrected chi connectivity index (χ3v) is 7.40. The molecule has 2 fully saturated rings. The number of nitrogens with zero attached hydrogens (tertiary/aromatic N) is 2. The van der Waals surface area contributed by atoms with Crippen molar-refractivity contribution in [3.05, 3.63) is 54.6 Å². The second-order valence-corrected chi connectivity index (χ2v) is 9.89. The Hall–Kier alpha value is -2.18. The number of hydrogen-bond donors (Lipinski definition) is 1. The van der Waals surface area contributed by atoms with Crippen molar-refractivity contribution in [3.8, 4) is 11.5 Å². The first-order valence-electron chi connectivity index (χ1n) is 12.3. The van der Waals surface area contributed by atoms with Gasteiger partial charge in [0.25, 0.3) is 0 Å². The van der Waals surface area contributed by atoms with Crippen molar-refractivity contribution in [3.63, 3.8) is 0 Å². The van der Waals surface area contributed by atoms with Gasteiger partial charge in [0.2, 0.25) is 5.91 Å². The lowest BCUT2D eigenvalue weighted by Crippen LogP contribution is -2.38. The number of nitrogens with one attached hydrogen (secondary N) is 1. The van der Waals surface area contributed by atoms with Crippen LogP contribution in [0, 0.1) is 0 Å². The summed E-state index contributed by atoms with van der Waals surface area (Å²) in [6.45, 7) is 3.20. The smallest absolute Gasteiger partial charge is 0.226 e. The number of halogens is 1. The molecule has 0 radical (unpaired) electrons. The van der Waals surface area contributed by atoms with E-state index in [4.69, 9.17) is 9.73 Å². The van der Waals surface area contributed by atoms with Crippen molar-refractivity contribution in [2.75, 3.05) is 17.6 Å². The minimum Gasteiger partial charge on any atom is -0.457 e. The number of amides is 1. The maximum Gasteiger partial charge on any atom is 0.226 e. The highest BCUT2D eigenvalue weighted by Crippen LogP contribution is 2.30. The number of benzene rings is 2. The molecule has 0 aromatic heterocycles. The number of rotatable bonds is 9. The largest absolute Gasteiger partial charge is 0.457 e. The van der Waals surface area contributed by atoms with Gasteiger partial charge in [0.15, 0.2) is 5.17 Å². The average Bonchev–Trinajstić information content (AvgIpc) is 3.20. The zero-order valence-corrected chi connectivity index (χ0v) is 21.6. The Morgan fingerprint density at radius 2 is 1.76 bits per heavy atom. The number of carbonyl (C=O) groups excluding carboxylic acids is 1. The van der Waals surface area contributed by atoms with E-state index >= 15 is 0 Å². The van der Waals surface area contributed by atoms with Gasteiger partial charge in [0.1, 0.15) is 11.5 Å². The Balaban J connectivity index is 0.00000324. The molecule has 7 heteroatoms. The highest BCUT2D eigenvalue weighted by Gasteiger charge is 2.32. The van der Waals surface area contributed by atoms with Crippen molar-refractivity contribution >= 4 is 40.9 Å². The van der Waals surface area contributed by atoms with E-state index in [9.17, 15) is 4.79 Å². The number of hydrogen-bond acceptors (Lipinski definition) is 4. The van der Waals surface area contributed by atoms with Crippen LogP contribution in [0.25, 0.3) is 0 Å². The molecule has 1 saturated carbocycles. The van der Waals surface area contributed by atoms with Gasteiger partial charge in [-0.25, -0.2) is 0 Å². The summed E-state index contributed by atoms with van der Waals surface area (Å²) < 4.78 is 5.84. The Kier molecular flexibility index (Phi) is 10.6. The van der Waals surface area contributed by atoms with Crippen molar-refractivity contribution < 1.29 is 9.53 Å². The molecule has 1 saturated heterocycles. The molecule has 34 heavy (non-hydrogen) atoms. The Bertz CT molecular complexity index is 917. The highest BCUT2D eigenvalue weighted by atomic mass is 35.5. The van der Waals surface area contributed by atoms with Crippen molar-refractivity contribution in [2.24, 2.45) is 4.99 Å². The fourth-order valence-corrected chi connectivity index (χ4v) is 5.68. The summed E-state index contributed by atoms with van der Waals surface area (Å²) in [5.74, 6) is 2.54. The van der Waals surface area contributed by atoms with Crippen LogP contribution in [-0.2, 0) is 4.79 Å². The van der Waals surface area contributed by atoms with E-state index < -0.39 is 0 Å².